The molecule has 1 aromatic rings. The number of benzene rings is 1. The molecule has 0 amide bonds. The monoisotopic (exact) mass is 580 g/mol. The van der Waals surface area contributed by atoms with Gasteiger partial charge in [-0.25, -0.2) is 9.59 Å². The molecular formula is C18H14F6N2O13. The van der Waals surface area contributed by atoms with Gasteiger partial charge in [0, 0.05) is 5.56 Å². The summed E-state index contributed by atoms with van der Waals surface area (Å²) in [4.78, 5) is 52.2. The topological polar surface area (TPSA) is 185 Å². The first-order valence-corrected chi connectivity index (χ1v) is 9.86. The number of carbonyl (C=O) groups excluding carboxylic acids is 2. The Morgan fingerprint density at radius 1 is 1.03 bits per heavy atom. The van der Waals surface area contributed by atoms with E-state index >= 15 is 0 Å². The Morgan fingerprint density at radius 3 is 2.13 bits per heavy atom. The summed E-state index contributed by atoms with van der Waals surface area (Å²) in [5.74, 6) is -3.09. The fourth-order valence-electron chi connectivity index (χ4n) is 2.85. The van der Waals surface area contributed by atoms with Crippen LogP contribution in [0.25, 0.3) is 6.08 Å². The zero-order valence-electron chi connectivity index (χ0n) is 19.0. The van der Waals surface area contributed by atoms with Gasteiger partial charge in [0.15, 0.2) is 6.10 Å². The van der Waals surface area contributed by atoms with Crippen LogP contribution in [-0.2, 0) is 28.7 Å². The fourth-order valence-corrected chi connectivity index (χ4v) is 2.85. The van der Waals surface area contributed by atoms with E-state index in [1.165, 1.54) is 0 Å². The molecule has 0 aromatic heterocycles. The highest BCUT2D eigenvalue weighted by atomic mass is 19.4. The van der Waals surface area contributed by atoms with Crippen LogP contribution >= 0.6 is 0 Å². The average molecular weight is 580 g/mol. The van der Waals surface area contributed by atoms with Crippen LogP contribution in [0.2, 0.25) is 0 Å². The van der Waals surface area contributed by atoms with Gasteiger partial charge in [0.05, 0.1) is 5.57 Å². The van der Waals surface area contributed by atoms with Crippen LogP contribution in [-0.4, -0.2) is 67.1 Å². The molecule has 1 aliphatic rings. The number of ether oxygens (including phenoxy) is 5. The van der Waals surface area contributed by atoms with Gasteiger partial charge in [-0.2, -0.15) is 13.2 Å². The quantitative estimate of drug-likeness (QED) is 0.122. The molecule has 0 radical (unpaired) electrons. The van der Waals surface area contributed by atoms with Crippen LogP contribution in [0.4, 0.5) is 31.1 Å². The van der Waals surface area contributed by atoms with E-state index in [9.17, 15) is 56.2 Å². The molecule has 1 aliphatic heterocycles. The first-order valence-electron chi connectivity index (χ1n) is 9.86. The maximum Gasteiger partial charge on any atom is 0.573 e. The van der Waals surface area contributed by atoms with Gasteiger partial charge >= 0.3 is 24.7 Å². The number of esters is 1. The molecular weight excluding hydrogens is 566 g/mol. The number of halogens is 6. The molecule has 0 N–H and O–H groups in total. The summed E-state index contributed by atoms with van der Waals surface area (Å²) in [6.07, 6.45) is -16.3. The second kappa shape index (κ2) is 12.2. The molecule has 1 aromatic carbocycles. The maximum absolute atomic E-state index is 13.6. The number of hydrogen-bond acceptors (Lipinski definition) is 13. The second-order valence-corrected chi connectivity index (χ2v) is 7.07. The minimum absolute atomic E-state index is 0.188. The first-order chi connectivity index (χ1) is 18.0. The summed E-state index contributed by atoms with van der Waals surface area (Å²) in [7, 11) is 0. The molecule has 21 heteroatoms. The number of nitrogens with zero attached hydrogens (tertiary/aromatic N) is 2. The third kappa shape index (κ3) is 9.59. The van der Waals surface area contributed by atoms with Crippen molar-refractivity contribution in [2.45, 2.75) is 31.7 Å². The summed E-state index contributed by atoms with van der Waals surface area (Å²) in [6.45, 7) is -2.37. The minimum atomic E-state index is -5.21. The lowest BCUT2D eigenvalue weighted by atomic mass is 9.99. The summed E-state index contributed by atoms with van der Waals surface area (Å²) < 4.78 is 100. The van der Waals surface area contributed by atoms with Crippen LogP contribution in [0, 0.1) is 27.2 Å². The normalized spacial score (nSPS) is 14.8. The lowest BCUT2D eigenvalue weighted by Crippen LogP contribution is -2.41. The van der Waals surface area contributed by atoms with Crippen molar-refractivity contribution < 1.29 is 79.5 Å². The molecule has 2 rings (SSSR count). The fraction of sp³-hybridized carbons (Fsp3) is 0.444. The number of carbonyl (C=O) groups is 2. The van der Waals surface area contributed by atoms with E-state index in [1.54, 1.807) is 0 Å². The Kier molecular flexibility index (Phi) is 9.55. The van der Waals surface area contributed by atoms with E-state index in [0.29, 0.717) is 12.1 Å². The van der Waals surface area contributed by atoms with Gasteiger partial charge < -0.3 is 33.4 Å². The lowest BCUT2D eigenvalue weighted by Gasteiger charge is -2.29. The summed E-state index contributed by atoms with van der Waals surface area (Å²) >= 11 is 0. The number of aryl methyl sites for hydroxylation is 1. The Bertz CT molecular complexity index is 1120. The highest BCUT2D eigenvalue weighted by Crippen LogP contribution is 2.41. The van der Waals surface area contributed by atoms with Gasteiger partial charge in [0.25, 0.3) is 10.2 Å². The Labute approximate surface area is 210 Å². The summed E-state index contributed by atoms with van der Waals surface area (Å²) in [5.41, 5.74) is -1.83. The largest absolute Gasteiger partial charge is 0.573 e. The van der Waals surface area contributed by atoms with Crippen LogP contribution in [0.1, 0.15) is 11.1 Å². The Hall–Kier alpha value is -4.72. The van der Waals surface area contributed by atoms with Gasteiger partial charge in [-0.05, 0) is 30.7 Å². The number of fused-ring (bicyclic) bond motifs is 1. The summed E-state index contributed by atoms with van der Waals surface area (Å²) in [5, 5.41) is 17.8. The van der Waals surface area contributed by atoms with Crippen LogP contribution in [0.5, 0.6) is 11.5 Å². The number of rotatable bonds is 11. The van der Waals surface area contributed by atoms with Crippen molar-refractivity contribution in [3.63, 3.8) is 0 Å². The molecule has 0 saturated carbocycles. The molecule has 0 spiro atoms. The third-order valence-electron chi connectivity index (χ3n) is 4.23. The van der Waals surface area contributed by atoms with Gasteiger partial charge in [0.2, 0.25) is 12.9 Å². The van der Waals surface area contributed by atoms with Crippen molar-refractivity contribution >= 4 is 18.2 Å². The van der Waals surface area contributed by atoms with Crippen molar-refractivity contribution in [3.8, 4) is 11.5 Å². The molecule has 39 heavy (non-hydrogen) atoms. The van der Waals surface area contributed by atoms with E-state index in [2.05, 4.69) is 28.6 Å². The number of hydrogen-bond donors (Lipinski definition) is 0. The van der Waals surface area contributed by atoms with Gasteiger partial charge in [-0.15, -0.1) is 33.4 Å². The Morgan fingerprint density at radius 2 is 1.62 bits per heavy atom. The molecule has 0 saturated heterocycles. The summed E-state index contributed by atoms with van der Waals surface area (Å²) in [6, 6.07) is 1.42. The second-order valence-electron chi connectivity index (χ2n) is 7.07. The Balaban J connectivity index is 2.13. The zero-order chi connectivity index (χ0) is 29.5. The van der Waals surface area contributed by atoms with Gasteiger partial charge in [0.1, 0.15) is 24.7 Å². The predicted molar refractivity (Wildman–Crippen MR) is 105 cm³/mol. The van der Waals surface area contributed by atoms with E-state index in [-0.39, 0.29) is 5.56 Å². The molecule has 1 heterocycles. The molecule has 0 bridgehead atoms. The third-order valence-corrected chi connectivity index (χ3v) is 4.23. The van der Waals surface area contributed by atoms with E-state index < -0.39 is 89.7 Å². The van der Waals surface area contributed by atoms with E-state index in [4.69, 9.17) is 4.74 Å². The molecule has 0 fully saturated rings. The van der Waals surface area contributed by atoms with Gasteiger partial charge in [-0.1, -0.05) is 0 Å². The van der Waals surface area contributed by atoms with Crippen LogP contribution in [0.15, 0.2) is 17.7 Å². The molecule has 15 nitrogen and oxygen atoms in total. The lowest BCUT2D eigenvalue weighted by molar-refractivity contribution is -0.768. The molecule has 0 aliphatic carbocycles. The molecule has 0 unspecified atom stereocenters. The van der Waals surface area contributed by atoms with Crippen molar-refractivity contribution in [2.75, 3.05) is 20.0 Å². The van der Waals surface area contributed by atoms with Crippen molar-refractivity contribution in [2.24, 2.45) is 0 Å². The predicted octanol–water partition coefficient (Wildman–Crippen LogP) is 3.04. The SMILES string of the molecule is Cc1cc(OC(F)(F)F)cc2c1O[C@H](C(F)(F)F)C(C(=O)OCOC(=O)OC(CO[N+](=O)[O-])CO[N+](=O)[O-])=C2. The standard InChI is InChI=1S/C18H14F6N2O13/c1-8-2-10(39-18(22,23)24)3-9-4-12(14(17(19,20)21)38-13(8)9)15(27)33-7-34-16(28)37-11(5-35-25(29)30)6-36-26(31)32/h2-4,11,14H,5-7H2,1H3/t14-/m0/s1. The zero-order valence-corrected chi connectivity index (χ0v) is 19.0. The van der Waals surface area contributed by atoms with Crippen LogP contribution < -0.4 is 9.47 Å². The van der Waals surface area contributed by atoms with Gasteiger partial charge in [-0.3, -0.25) is 0 Å². The first kappa shape index (κ1) is 30.5. The molecule has 216 valence electrons. The highest BCUT2D eigenvalue weighted by molar-refractivity contribution is 5.96. The highest BCUT2D eigenvalue weighted by Gasteiger charge is 2.49. The minimum Gasteiger partial charge on any atom is -0.475 e. The number of alkyl halides is 6. The van der Waals surface area contributed by atoms with Crippen molar-refractivity contribution in [3.05, 3.63) is 49.1 Å². The van der Waals surface area contributed by atoms with E-state index in [0.717, 1.165) is 13.0 Å². The smallest absolute Gasteiger partial charge is 0.475 e. The van der Waals surface area contributed by atoms with Crippen molar-refractivity contribution in [1.29, 1.82) is 0 Å². The van der Waals surface area contributed by atoms with E-state index in [1.807, 2.05) is 0 Å². The maximum atomic E-state index is 13.6. The molecule has 1 atom stereocenters. The van der Waals surface area contributed by atoms with Crippen molar-refractivity contribution in [1.82, 2.24) is 0 Å². The van der Waals surface area contributed by atoms with Crippen LogP contribution in [0.3, 0.4) is 0 Å². The average Bonchev–Trinajstić information content (AvgIpc) is 2.78.